The van der Waals surface area contributed by atoms with Gasteiger partial charge in [0.05, 0.1) is 38.3 Å². The second kappa shape index (κ2) is 18.3. The Labute approximate surface area is 362 Å². The topological polar surface area (TPSA) is 284 Å². The lowest BCUT2D eigenvalue weighted by Gasteiger charge is -2.60. The first kappa shape index (κ1) is 47.1. The number of hydrogen-bond acceptors (Lipinski definition) is 18. The van der Waals surface area contributed by atoms with Crippen molar-refractivity contribution in [2.75, 3.05) is 26.4 Å². The van der Waals surface area contributed by atoms with Crippen LogP contribution in [0, 0.1) is 46.3 Å². The summed E-state index contributed by atoms with van der Waals surface area (Å²) in [6.07, 6.45) is -13.2. The van der Waals surface area contributed by atoms with Gasteiger partial charge in [0.1, 0.15) is 79.0 Å². The van der Waals surface area contributed by atoms with Gasteiger partial charge in [-0.25, -0.2) is 0 Å². The van der Waals surface area contributed by atoms with Crippen molar-refractivity contribution in [3.8, 4) is 0 Å². The second-order valence-corrected chi connectivity index (χ2v) is 20.4. The molecule has 0 unspecified atom stereocenters. The minimum absolute atomic E-state index is 0.0122. The molecule has 7 fully saturated rings. The van der Waals surface area contributed by atoms with Crippen LogP contribution in [0.25, 0.3) is 0 Å². The zero-order valence-corrected chi connectivity index (χ0v) is 36.1. The van der Waals surface area contributed by atoms with Crippen molar-refractivity contribution < 1.29 is 89.0 Å². The van der Waals surface area contributed by atoms with E-state index < -0.39 is 98.7 Å². The van der Waals surface area contributed by atoms with E-state index in [9.17, 15) is 55.9 Å². The molecular formula is C44H70O18. The molecule has 4 saturated carbocycles. The predicted octanol–water partition coefficient (Wildman–Crippen LogP) is -1.01. The van der Waals surface area contributed by atoms with Crippen molar-refractivity contribution in [2.24, 2.45) is 46.3 Å². The van der Waals surface area contributed by atoms with Gasteiger partial charge < -0.3 is 84.2 Å². The van der Waals surface area contributed by atoms with Crippen LogP contribution in [0.5, 0.6) is 0 Å². The summed E-state index contributed by atoms with van der Waals surface area (Å²) >= 11 is 0. The summed E-state index contributed by atoms with van der Waals surface area (Å²) in [5.74, 6) is 2.24. The van der Waals surface area contributed by atoms with Crippen LogP contribution in [0.3, 0.4) is 0 Å². The molecule has 4 aliphatic carbocycles. The summed E-state index contributed by atoms with van der Waals surface area (Å²) < 4.78 is 41.1. The Morgan fingerprint density at radius 1 is 0.758 bits per heavy atom. The third-order valence-corrected chi connectivity index (χ3v) is 16.7. The Bertz CT molecular complexity index is 1610. The quantitative estimate of drug-likeness (QED) is 0.105. The highest BCUT2D eigenvalue weighted by Crippen LogP contribution is 2.69. The minimum atomic E-state index is -1.63. The fourth-order valence-corrected chi connectivity index (χ4v) is 13.1. The molecule has 18 nitrogen and oxygen atoms in total. The predicted molar refractivity (Wildman–Crippen MR) is 212 cm³/mol. The largest absolute Gasteiger partial charge is 0.494 e. The van der Waals surface area contributed by atoms with Crippen molar-refractivity contribution in [3.63, 3.8) is 0 Å². The molecule has 62 heavy (non-hydrogen) atoms. The molecule has 0 aromatic carbocycles. The molecule has 4 heterocycles. The van der Waals surface area contributed by atoms with Crippen LogP contribution in [0.15, 0.2) is 11.3 Å². The van der Waals surface area contributed by atoms with Gasteiger partial charge in [-0.15, -0.1) is 0 Å². The van der Waals surface area contributed by atoms with Crippen LogP contribution in [-0.2, 0) is 38.0 Å². The number of carbonyl (C=O) groups excluding carboxylic acids is 1. The van der Waals surface area contributed by atoms with Crippen LogP contribution in [0.2, 0.25) is 0 Å². The van der Waals surface area contributed by atoms with E-state index in [2.05, 4.69) is 20.8 Å². The second-order valence-electron chi connectivity index (χ2n) is 20.4. The number of ketones is 1. The number of Topliss-reactive ketones (excluding diaryl/α,β-unsaturated/α-hetero) is 1. The van der Waals surface area contributed by atoms with Crippen LogP contribution in [0.4, 0.5) is 0 Å². The normalized spacial score (nSPS) is 52.2. The van der Waals surface area contributed by atoms with Gasteiger partial charge in [0.15, 0.2) is 18.9 Å². The lowest BCUT2D eigenvalue weighted by atomic mass is 9.44. The molecular weight excluding hydrogens is 816 g/mol. The molecule has 4 aliphatic heterocycles. The zero-order chi connectivity index (χ0) is 44.6. The maximum absolute atomic E-state index is 14.3. The van der Waals surface area contributed by atoms with E-state index in [-0.39, 0.29) is 66.2 Å². The summed E-state index contributed by atoms with van der Waals surface area (Å²) in [5.41, 5.74) is 1.03. The van der Waals surface area contributed by atoms with Crippen LogP contribution in [-0.4, -0.2) is 181 Å². The molecule has 0 spiro atoms. The number of aliphatic hydroxyl groups is 10. The van der Waals surface area contributed by atoms with Gasteiger partial charge in [-0.3, -0.25) is 4.79 Å². The monoisotopic (exact) mass is 886 g/mol. The van der Waals surface area contributed by atoms with E-state index in [0.29, 0.717) is 31.1 Å². The molecule has 0 aromatic heterocycles. The number of hydrogen-bond donors (Lipinski definition) is 10. The van der Waals surface area contributed by atoms with Gasteiger partial charge >= 0.3 is 0 Å². The summed E-state index contributed by atoms with van der Waals surface area (Å²) in [4.78, 5) is 14.3. The van der Waals surface area contributed by atoms with Gasteiger partial charge in [0, 0.05) is 24.7 Å². The SMILES string of the molecule is CC1=C(CC[C@@H](C)CO[C@@H]2O[C@H](CO)[C@@H](O)[C@H](O)[C@H]2O)O[C@H]2C[C@H]3[C@@H]4CC(=O)[C@H]5C[C@@H](O[C@@H]6O[C@@H](CO[C@@H]7OC[C@H](O)[C@H](O)[C@@H]7O)[C@@H](O)[C@@H](O)[C@@H]6O)CC[C@]5(C)[C@H]4CC[C@]3(C)[C@@H]12. The molecule has 10 N–H and O–H groups in total. The third kappa shape index (κ3) is 8.34. The fourth-order valence-electron chi connectivity index (χ4n) is 13.1. The lowest BCUT2D eigenvalue weighted by Crippen LogP contribution is -2.61. The van der Waals surface area contributed by atoms with Crippen molar-refractivity contribution in [3.05, 3.63) is 11.3 Å². The Hall–Kier alpha value is -1.43. The molecule has 8 rings (SSSR count). The Morgan fingerprint density at radius 3 is 2.15 bits per heavy atom. The van der Waals surface area contributed by atoms with E-state index in [1.165, 1.54) is 5.57 Å². The van der Waals surface area contributed by atoms with E-state index in [1.807, 2.05) is 6.92 Å². The Balaban J connectivity index is 0.852. The molecule has 354 valence electrons. The van der Waals surface area contributed by atoms with Crippen LogP contribution in [0.1, 0.15) is 85.5 Å². The summed E-state index contributed by atoms with van der Waals surface area (Å²) in [7, 11) is 0. The fraction of sp³-hybridized carbons (Fsp3) is 0.932. The van der Waals surface area contributed by atoms with Gasteiger partial charge in [-0.1, -0.05) is 20.8 Å². The van der Waals surface area contributed by atoms with Crippen molar-refractivity contribution in [2.45, 2.75) is 184 Å². The van der Waals surface area contributed by atoms with E-state index in [0.717, 1.165) is 44.3 Å². The number of rotatable bonds is 12. The highest BCUT2D eigenvalue weighted by molar-refractivity contribution is 5.83. The number of allylic oxidation sites excluding steroid dienone is 1. The number of fused-ring (bicyclic) bond motifs is 7. The van der Waals surface area contributed by atoms with E-state index >= 15 is 0 Å². The number of ether oxygens (including phenoxy) is 7. The number of carbonyl (C=O) groups is 1. The summed E-state index contributed by atoms with van der Waals surface area (Å²) in [5, 5.41) is 102. The van der Waals surface area contributed by atoms with Gasteiger partial charge in [-0.2, -0.15) is 0 Å². The molecule has 0 radical (unpaired) electrons. The lowest BCUT2D eigenvalue weighted by molar-refractivity contribution is -0.330. The van der Waals surface area contributed by atoms with Crippen LogP contribution < -0.4 is 0 Å². The van der Waals surface area contributed by atoms with Crippen molar-refractivity contribution >= 4 is 5.78 Å². The highest BCUT2D eigenvalue weighted by atomic mass is 16.7. The van der Waals surface area contributed by atoms with Gasteiger partial charge in [-0.05, 0) is 91.9 Å². The molecule has 0 amide bonds. The minimum Gasteiger partial charge on any atom is -0.494 e. The first-order chi connectivity index (χ1) is 29.4. The molecule has 0 aromatic rings. The maximum Gasteiger partial charge on any atom is 0.186 e. The Morgan fingerprint density at radius 2 is 1.42 bits per heavy atom. The third-order valence-electron chi connectivity index (χ3n) is 16.7. The summed E-state index contributed by atoms with van der Waals surface area (Å²) in [6, 6.07) is 0. The molecule has 18 heteroatoms. The average molecular weight is 887 g/mol. The average Bonchev–Trinajstić information content (AvgIpc) is 3.73. The highest BCUT2D eigenvalue weighted by Gasteiger charge is 2.66. The van der Waals surface area contributed by atoms with Crippen LogP contribution >= 0.6 is 0 Å². The number of aliphatic hydroxyl groups excluding tert-OH is 10. The van der Waals surface area contributed by atoms with Crippen molar-refractivity contribution in [1.82, 2.24) is 0 Å². The van der Waals surface area contributed by atoms with E-state index in [1.54, 1.807) is 0 Å². The smallest absolute Gasteiger partial charge is 0.186 e. The molecule has 8 aliphatic rings. The zero-order valence-electron chi connectivity index (χ0n) is 36.1. The molecule has 3 saturated heterocycles. The Kier molecular flexibility index (Phi) is 13.9. The van der Waals surface area contributed by atoms with Gasteiger partial charge in [0.2, 0.25) is 0 Å². The molecule has 0 bridgehead atoms. The van der Waals surface area contributed by atoms with E-state index in [4.69, 9.17) is 33.2 Å². The standard InChI is InChI=1S/C44H70O18/c1-18(15-56-41-38(54)35(51)33(49)29(14-45)61-41)5-6-27-19(2)31-28(60-27)13-23-21-12-25(46)24-11-20(7-9-43(24,3)22(21)8-10-44(23,31)4)59-42-39(55)36(52)34(50)30(62-42)17-58-40-37(53)32(48)26(47)16-57-40/h18,20-24,26,28-42,45,47-55H,5-17H2,1-4H3/t18-,20+,21-,22+,23+,24-,26+,28+,29-,30+,31+,32+,33-,34-,35+,36-,37+,38-,39+,40+,41-,42-,43-,44+/m1/s1. The van der Waals surface area contributed by atoms with Gasteiger partial charge in [0.25, 0.3) is 0 Å². The summed E-state index contributed by atoms with van der Waals surface area (Å²) in [6.45, 7) is 7.95. The first-order valence-corrected chi connectivity index (χ1v) is 22.8. The maximum atomic E-state index is 14.3. The first-order valence-electron chi connectivity index (χ1n) is 22.8. The van der Waals surface area contributed by atoms with Crippen molar-refractivity contribution in [1.29, 1.82) is 0 Å². The molecule has 24 atom stereocenters.